The summed E-state index contributed by atoms with van der Waals surface area (Å²) in [5, 5.41) is 40.7. The lowest BCUT2D eigenvalue weighted by atomic mass is 9.80. The zero-order valence-electron chi connectivity index (χ0n) is 24.1. The molecule has 0 spiro atoms. The average molecular weight is 662 g/mol. The predicted molar refractivity (Wildman–Crippen MR) is 170 cm³/mol. The molecule has 5 atom stereocenters. The van der Waals surface area contributed by atoms with E-state index in [1.165, 1.54) is 24.6 Å². The van der Waals surface area contributed by atoms with Crippen LogP contribution in [0.25, 0.3) is 17.4 Å². The molecule has 236 valence electrons. The van der Waals surface area contributed by atoms with E-state index in [-0.39, 0.29) is 18.6 Å². The molecule has 1 aromatic carbocycles. The molecule has 4 aliphatic rings. The highest BCUT2D eigenvalue weighted by atomic mass is 35.5. The van der Waals surface area contributed by atoms with Gasteiger partial charge in [-0.2, -0.15) is 0 Å². The first kappa shape index (κ1) is 31.7. The predicted octanol–water partition coefficient (Wildman–Crippen LogP) is 4.46. The average Bonchev–Trinajstić information content (AvgIpc) is 3.77. The van der Waals surface area contributed by atoms with E-state index in [9.17, 15) is 30.0 Å². The molecule has 6 rings (SSSR count). The summed E-state index contributed by atoms with van der Waals surface area (Å²) in [5.41, 5.74) is -0.334. The number of nitrogens with zero attached hydrogens (tertiary/aromatic N) is 1. The number of ether oxygens (including phenoxy) is 1. The van der Waals surface area contributed by atoms with Gasteiger partial charge in [0.2, 0.25) is 0 Å². The molecule has 4 N–H and O–H groups in total. The number of carbonyl (C=O) groups excluding carboxylic acids is 2. The first-order chi connectivity index (χ1) is 21.0. The van der Waals surface area contributed by atoms with Crippen molar-refractivity contribution in [1.29, 1.82) is 0 Å². The van der Waals surface area contributed by atoms with Gasteiger partial charge in [0.25, 0.3) is 5.91 Å². The number of aliphatic hydroxyl groups is 4. The molecule has 2 heterocycles. The van der Waals surface area contributed by atoms with Crippen LogP contribution in [0.2, 0.25) is 5.02 Å². The van der Waals surface area contributed by atoms with Crippen LogP contribution in [0.5, 0.6) is 0 Å². The molecule has 1 aliphatic heterocycles. The molecule has 3 saturated carbocycles. The minimum Gasteiger partial charge on any atom is -0.464 e. The lowest BCUT2D eigenvalue weighted by molar-refractivity contribution is -0.192. The van der Waals surface area contributed by atoms with Crippen LogP contribution < -0.4 is 0 Å². The van der Waals surface area contributed by atoms with Crippen molar-refractivity contribution in [1.82, 2.24) is 4.90 Å². The van der Waals surface area contributed by atoms with Gasteiger partial charge >= 0.3 is 5.97 Å². The fraction of sp³-hybridized carbons (Fsp3) is 0.531. The maximum Gasteiger partial charge on any atom is 0.338 e. The van der Waals surface area contributed by atoms with Gasteiger partial charge < -0.3 is 29.6 Å². The van der Waals surface area contributed by atoms with E-state index < -0.39 is 42.7 Å². The van der Waals surface area contributed by atoms with Crippen molar-refractivity contribution < 1.29 is 39.2 Å². The summed E-state index contributed by atoms with van der Waals surface area (Å²) >= 11 is 13.1. The number of thiocarbonyl (C=S) groups is 1. The Kier molecular flexibility index (Phi) is 9.27. The number of carbonyl (C=O) groups is 2. The number of aliphatic hydroxyl groups excluding tert-OH is 3. The van der Waals surface area contributed by atoms with Crippen LogP contribution in [-0.2, 0) is 20.7 Å². The highest BCUT2D eigenvalue weighted by Gasteiger charge is 2.50. The zero-order chi connectivity index (χ0) is 31.2. The Labute approximate surface area is 270 Å². The SMILES string of the molecule is O=C1C(=Cc2oc(-c3ccc(Cl)cc3)cc2CCCCOC(=O)C2(O)C[C@@H](O)C(O)[C@H](O)C2)SC(=S)N1C1CC2CCC1C2. The quantitative estimate of drug-likeness (QED) is 0.132. The van der Waals surface area contributed by atoms with Gasteiger partial charge in [0.1, 0.15) is 21.9 Å². The van der Waals surface area contributed by atoms with Crippen LogP contribution in [0.3, 0.4) is 0 Å². The van der Waals surface area contributed by atoms with E-state index >= 15 is 0 Å². The number of halogens is 1. The number of thioether (sulfide) groups is 1. The molecule has 9 nitrogen and oxygen atoms in total. The molecule has 2 bridgehead atoms. The lowest BCUT2D eigenvalue weighted by Gasteiger charge is -2.38. The summed E-state index contributed by atoms with van der Waals surface area (Å²) in [5.74, 6) is 1.41. The molecule has 1 saturated heterocycles. The highest BCUT2D eigenvalue weighted by molar-refractivity contribution is 8.26. The Balaban J connectivity index is 1.13. The second-order valence-electron chi connectivity index (χ2n) is 12.5. The monoisotopic (exact) mass is 661 g/mol. The zero-order valence-corrected chi connectivity index (χ0v) is 26.5. The summed E-state index contributed by atoms with van der Waals surface area (Å²) in [6, 6.07) is 9.42. The van der Waals surface area contributed by atoms with Gasteiger partial charge in [-0.25, -0.2) is 4.79 Å². The number of amides is 1. The molecular formula is C32H36ClNO8S2. The summed E-state index contributed by atoms with van der Waals surface area (Å²) in [6.07, 6.45) is 2.92. The number of fused-ring (bicyclic) bond motifs is 2. The maximum atomic E-state index is 13.6. The van der Waals surface area contributed by atoms with E-state index in [2.05, 4.69) is 0 Å². The highest BCUT2D eigenvalue weighted by Crippen LogP contribution is 2.49. The maximum absolute atomic E-state index is 13.6. The van der Waals surface area contributed by atoms with Crippen LogP contribution in [0.15, 0.2) is 39.7 Å². The molecule has 2 aromatic rings. The smallest absolute Gasteiger partial charge is 0.338 e. The van der Waals surface area contributed by atoms with Gasteiger partial charge in [0, 0.05) is 35.5 Å². The summed E-state index contributed by atoms with van der Waals surface area (Å²) in [7, 11) is 0. The fourth-order valence-electron chi connectivity index (χ4n) is 7.09. The van der Waals surface area contributed by atoms with E-state index in [1.807, 2.05) is 23.1 Å². The number of hydrogen-bond donors (Lipinski definition) is 4. The van der Waals surface area contributed by atoms with Crippen molar-refractivity contribution in [3.63, 3.8) is 0 Å². The van der Waals surface area contributed by atoms with Crippen LogP contribution in [0.4, 0.5) is 0 Å². The molecule has 3 unspecified atom stereocenters. The van der Waals surface area contributed by atoms with Crippen molar-refractivity contribution in [2.45, 2.75) is 87.7 Å². The second kappa shape index (κ2) is 12.9. The van der Waals surface area contributed by atoms with Gasteiger partial charge in [0.05, 0.1) is 23.7 Å². The van der Waals surface area contributed by atoms with Crippen LogP contribution in [0, 0.1) is 11.8 Å². The Morgan fingerprint density at radius 3 is 2.52 bits per heavy atom. The molecular weight excluding hydrogens is 626 g/mol. The molecule has 12 heteroatoms. The number of benzene rings is 1. The Hall–Kier alpha value is -2.25. The molecule has 0 radical (unpaired) electrons. The normalized spacial score (nSPS) is 32.7. The van der Waals surface area contributed by atoms with Crippen LogP contribution >= 0.6 is 35.6 Å². The Morgan fingerprint density at radius 1 is 1.14 bits per heavy atom. The second-order valence-corrected chi connectivity index (χ2v) is 14.6. The number of furan rings is 1. The largest absolute Gasteiger partial charge is 0.464 e. The third-order valence-corrected chi connectivity index (χ3v) is 11.0. The van der Waals surface area contributed by atoms with Gasteiger partial charge in [0.15, 0.2) is 5.60 Å². The summed E-state index contributed by atoms with van der Waals surface area (Å²) < 4.78 is 12.2. The minimum atomic E-state index is -2.06. The minimum absolute atomic E-state index is 0.0231. The van der Waals surface area contributed by atoms with Crippen molar-refractivity contribution >= 4 is 57.9 Å². The molecule has 4 fully saturated rings. The van der Waals surface area contributed by atoms with Crippen molar-refractivity contribution in [2.75, 3.05) is 6.61 Å². The van der Waals surface area contributed by atoms with E-state index in [4.69, 9.17) is 33.0 Å². The lowest BCUT2D eigenvalue weighted by Crippen LogP contribution is -2.56. The van der Waals surface area contributed by atoms with Crippen LogP contribution in [-0.4, -0.2) is 78.1 Å². The van der Waals surface area contributed by atoms with Crippen LogP contribution in [0.1, 0.15) is 62.7 Å². The van der Waals surface area contributed by atoms with Crippen molar-refractivity contribution in [3.8, 4) is 11.3 Å². The topological polar surface area (TPSA) is 141 Å². The first-order valence-electron chi connectivity index (χ1n) is 15.1. The van der Waals surface area contributed by atoms with Gasteiger partial charge in [-0.15, -0.1) is 0 Å². The third kappa shape index (κ3) is 6.38. The van der Waals surface area contributed by atoms with E-state index in [0.29, 0.717) is 56.9 Å². The molecule has 3 aliphatic carbocycles. The van der Waals surface area contributed by atoms with Gasteiger partial charge in [-0.3, -0.25) is 9.69 Å². The number of rotatable bonds is 9. The standard InChI is InChI=1S/C32H36ClNO8S2/c33-21-8-6-18(7-9-21)25-13-20(3-1-2-10-41-30(39)32(40)15-23(35)28(37)24(36)16-32)26(42-25)14-27-29(38)34(31(43)44-27)22-12-17-4-5-19(22)11-17/h6-9,13-14,17,19,22-24,28,35-37,40H,1-5,10-12,15-16H2/t17?,19?,22?,23-,24-,28?,32?/m1/s1. The molecule has 1 amide bonds. The molecule has 44 heavy (non-hydrogen) atoms. The van der Waals surface area contributed by atoms with Gasteiger partial charge in [-0.05, 0) is 86.3 Å². The van der Waals surface area contributed by atoms with E-state index in [0.717, 1.165) is 24.0 Å². The van der Waals surface area contributed by atoms with Crippen molar-refractivity contribution in [2.24, 2.45) is 11.8 Å². The number of hydrogen-bond acceptors (Lipinski definition) is 10. The summed E-state index contributed by atoms with van der Waals surface area (Å²) in [4.78, 5) is 28.5. The first-order valence-corrected chi connectivity index (χ1v) is 16.7. The van der Waals surface area contributed by atoms with E-state index in [1.54, 1.807) is 18.2 Å². The summed E-state index contributed by atoms with van der Waals surface area (Å²) in [6.45, 7) is 0.0231. The fourth-order valence-corrected chi connectivity index (χ4v) is 8.56. The Morgan fingerprint density at radius 2 is 1.86 bits per heavy atom. The van der Waals surface area contributed by atoms with Crippen molar-refractivity contribution in [3.05, 3.63) is 51.6 Å². The molecule has 1 aromatic heterocycles. The number of unbranched alkanes of at least 4 members (excludes halogenated alkanes) is 1. The third-order valence-electron chi connectivity index (χ3n) is 9.42. The van der Waals surface area contributed by atoms with Gasteiger partial charge in [-0.1, -0.05) is 42.0 Å². The number of aryl methyl sites for hydroxylation is 1. The number of esters is 1. The Bertz CT molecular complexity index is 1450.